The molecule has 2 aliphatic heterocycles. The number of carbonyl (C=O) groups is 1. The van der Waals surface area contributed by atoms with E-state index in [-0.39, 0.29) is 25.9 Å². The van der Waals surface area contributed by atoms with Gasteiger partial charge in [-0.15, -0.1) is 0 Å². The Morgan fingerprint density at radius 2 is 1.96 bits per heavy atom. The predicted molar refractivity (Wildman–Crippen MR) is 94.0 cm³/mol. The summed E-state index contributed by atoms with van der Waals surface area (Å²) in [6, 6.07) is 11.4. The molecule has 1 aromatic heterocycles. The van der Waals surface area contributed by atoms with Gasteiger partial charge in [-0.05, 0) is 36.2 Å². The monoisotopic (exact) mass is 389 g/mol. The minimum atomic E-state index is -4.88. The number of rotatable bonds is 1. The molecule has 0 bridgehead atoms. The van der Waals surface area contributed by atoms with Crippen molar-refractivity contribution in [3.8, 4) is 17.5 Å². The summed E-state index contributed by atoms with van der Waals surface area (Å²) in [6.07, 6.45) is -3.63. The third-order valence-electron chi connectivity index (χ3n) is 5.54. The lowest BCUT2D eigenvalue weighted by Gasteiger charge is -2.45. The van der Waals surface area contributed by atoms with Crippen LogP contribution < -0.4 is 4.74 Å². The Balaban J connectivity index is 1.73. The largest absolute Gasteiger partial charge is 0.479 e. The third kappa shape index (κ3) is 2.73. The van der Waals surface area contributed by atoms with E-state index in [1.807, 2.05) is 29.7 Å². The van der Waals surface area contributed by atoms with Crippen molar-refractivity contribution in [2.24, 2.45) is 0 Å². The number of alkyl halides is 3. The number of halogens is 3. The van der Waals surface area contributed by atoms with Crippen molar-refractivity contribution in [2.75, 3.05) is 13.1 Å². The molecule has 0 N–H and O–H groups in total. The molecule has 1 aromatic carbocycles. The van der Waals surface area contributed by atoms with Crippen molar-refractivity contribution in [3.05, 3.63) is 47.3 Å². The number of piperidine rings is 1. The zero-order valence-corrected chi connectivity index (χ0v) is 15.2. The quantitative estimate of drug-likeness (QED) is 0.748. The summed E-state index contributed by atoms with van der Waals surface area (Å²) in [6.45, 7) is 1.89. The molecule has 1 saturated heterocycles. The normalized spacial score (nSPS) is 17.5. The molecule has 4 rings (SSSR count). The molecule has 1 amide bonds. The smallest absolute Gasteiger partial charge is 0.471 e. The highest BCUT2D eigenvalue weighted by Crippen LogP contribution is 2.46. The number of hydrogen-bond acceptors (Lipinski definition) is 3. The summed E-state index contributed by atoms with van der Waals surface area (Å²) in [5.41, 5.74) is 2.12. The Morgan fingerprint density at radius 1 is 1.25 bits per heavy atom. The summed E-state index contributed by atoms with van der Waals surface area (Å²) in [5, 5.41) is 9.51. The highest BCUT2D eigenvalue weighted by atomic mass is 19.4. The van der Waals surface area contributed by atoms with Gasteiger partial charge in [0.05, 0.1) is 11.4 Å². The first-order chi connectivity index (χ1) is 13.3. The van der Waals surface area contributed by atoms with Gasteiger partial charge >= 0.3 is 12.1 Å². The Morgan fingerprint density at radius 3 is 2.57 bits per heavy atom. The number of aryl methyl sites for hydroxylation is 1. The van der Waals surface area contributed by atoms with E-state index in [4.69, 9.17) is 4.74 Å². The molecule has 8 heteroatoms. The first-order valence-electron chi connectivity index (χ1n) is 9.10. The maximum atomic E-state index is 12.8. The van der Waals surface area contributed by atoms with Gasteiger partial charge in [-0.1, -0.05) is 13.0 Å². The van der Waals surface area contributed by atoms with E-state index in [1.165, 1.54) is 0 Å². The Labute approximate surface area is 159 Å². The Bertz CT molecular complexity index is 980. The van der Waals surface area contributed by atoms with Gasteiger partial charge < -0.3 is 9.64 Å². The second kappa shape index (κ2) is 6.30. The minimum Gasteiger partial charge on any atom is -0.479 e. The van der Waals surface area contributed by atoms with Crippen LogP contribution in [0.2, 0.25) is 0 Å². The molecule has 2 aromatic rings. The number of ether oxygens (including phenoxy) is 1. The van der Waals surface area contributed by atoms with Gasteiger partial charge in [0.15, 0.2) is 5.60 Å². The average molecular weight is 389 g/mol. The second-order valence-corrected chi connectivity index (χ2v) is 7.09. The van der Waals surface area contributed by atoms with Crippen LogP contribution in [0, 0.1) is 11.3 Å². The van der Waals surface area contributed by atoms with Crippen LogP contribution in [0.1, 0.15) is 36.7 Å². The maximum Gasteiger partial charge on any atom is 0.471 e. The fourth-order valence-electron chi connectivity index (χ4n) is 4.06. The Hall–Kier alpha value is -2.95. The molecule has 0 radical (unpaired) electrons. The first kappa shape index (κ1) is 18.4. The number of nitriles is 1. The fourth-order valence-corrected chi connectivity index (χ4v) is 4.06. The molecule has 2 aliphatic rings. The van der Waals surface area contributed by atoms with Gasteiger partial charge in [-0.2, -0.15) is 18.4 Å². The molecule has 3 heterocycles. The van der Waals surface area contributed by atoms with Crippen LogP contribution in [0.15, 0.2) is 30.3 Å². The standard InChI is InChI=1S/C20H18F3N3O2/c1-2-13-3-5-15-16(11-13)28-19(17-6-4-14(12-24)26(15)17)7-9-25(10-8-19)18(27)20(21,22)23/h3-6,11H,2,7-10H2,1H3. The summed E-state index contributed by atoms with van der Waals surface area (Å²) in [4.78, 5) is 12.4. The number of likely N-dealkylation sites (tertiary alicyclic amines) is 1. The van der Waals surface area contributed by atoms with Crippen LogP contribution in [-0.2, 0) is 16.8 Å². The van der Waals surface area contributed by atoms with E-state index >= 15 is 0 Å². The second-order valence-electron chi connectivity index (χ2n) is 7.09. The number of fused-ring (bicyclic) bond motifs is 4. The van der Waals surface area contributed by atoms with E-state index in [0.717, 1.165) is 28.3 Å². The molecule has 1 spiro atoms. The highest BCUT2D eigenvalue weighted by molar-refractivity contribution is 5.82. The van der Waals surface area contributed by atoms with Gasteiger partial charge in [0, 0.05) is 25.9 Å². The van der Waals surface area contributed by atoms with Gasteiger partial charge in [-0.25, -0.2) is 0 Å². The zero-order valence-electron chi connectivity index (χ0n) is 15.2. The maximum absolute atomic E-state index is 12.8. The number of hydrogen-bond donors (Lipinski definition) is 0. The van der Waals surface area contributed by atoms with E-state index in [1.54, 1.807) is 12.1 Å². The van der Waals surface area contributed by atoms with Gasteiger partial charge in [0.25, 0.3) is 0 Å². The van der Waals surface area contributed by atoms with Crippen molar-refractivity contribution in [3.63, 3.8) is 0 Å². The number of benzene rings is 1. The predicted octanol–water partition coefficient (Wildman–Crippen LogP) is 3.68. The Kier molecular flexibility index (Phi) is 4.14. The number of amides is 1. The summed E-state index contributed by atoms with van der Waals surface area (Å²) in [5.74, 6) is -1.21. The molecular weight excluding hydrogens is 371 g/mol. The summed E-state index contributed by atoms with van der Waals surface area (Å²) >= 11 is 0. The van der Waals surface area contributed by atoms with E-state index in [9.17, 15) is 23.2 Å². The number of nitrogens with zero attached hydrogens (tertiary/aromatic N) is 3. The molecule has 146 valence electrons. The molecule has 0 unspecified atom stereocenters. The lowest BCUT2D eigenvalue weighted by atomic mass is 9.86. The first-order valence-corrected chi connectivity index (χ1v) is 9.10. The summed E-state index contributed by atoms with van der Waals surface area (Å²) < 4.78 is 46.5. The molecule has 0 aliphatic carbocycles. The molecular formula is C20H18F3N3O2. The summed E-state index contributed by atoms with van der Waals surface area (Å²) in [7, 11) is 0. The topological polar surface area (TPSA) is 58.3 Å². The molecule has 0 saturated carbocycles. The lowest BCUT2D eigenvalue weighted by molar-refractivity contribution is -0.188. The van der Waals surface area contributed by atoms with E-state index < -0.39 is 17.7 Å². The molecule has 1 fully saturated rings. The van der Waals surface area contributed by atoms with E-state index in [0.29, 0.717) is 11.4 Å². The van der Waals surface area contributed by atoms with Crippen molar-refractivity contribution in [1.82, 2.24) is 9.47 Å². The van der Waals surface area contributed by atoms with Crippen LogP contribution in [0.25, 0.3) is 5.69 Å². The van der Waals surface area contributed by atoms with Crippen LogP contribution in [0.4, 0.5) is 13.2 Å². The number of aromatic nitrogens is 1. The van der Waals surface area contributed by atoms with Gasteiger partial charge in [0.2, 0.25) is 0 Å². The highest BCUT2D eigenvalue weighted by Gasteiger charge is 2.49. The molecule has 5 nitrogen and oxygen atoms in total. The number of carbonyl (C=O) groups excluding carboxylic acids is 1. The van der Waals surface area contributed by atoms with Crippen LogP contribution in [-0.4, -0.2) is 34.6 Å². The van der Waals surface area contributed by atoms with Gasteiger partial charge in [0.1, 0.15) is 17.5 Å². The van der Waals surface area contributed by atoms with Crippen molar-refractivity contribution >= 4 is 5.91 Å². The van der Waals surface area contributed by atoms with Crippen LogP contribution in [0.5, 0.6) is 5.75 Å². The van der Waals surface area contributed by atoms with Crippen LogP contribution >= 0.6 is 0 Å². The van der Waals surface area contributed by atoms with Crippen molar-refractivity contribution in [1.29, 1.82) is 5.26 Å². The molecule has 0 atom stereocenters. The van der Waals surface area contributed by atoms with E-state index in [2.05, 4.69) is 6.07 Å². The fraction of sp³-hybridized carbons (Fsp3) is 0.400. The van der Waals surface area contributed by atoms with Crippen molar-refractivity contribution < 1.29 is 22.7 Å². The van der Waals surface area contributed by atoms with Crippen molar-refractivity contribution in [2.45, 2.75) is 38.0 Å². The third-order valence-corrected chi connectivity index (χ3v) is 5.54. The zero-order chi connectivity index (χ0) is 20.1. The van der Waals surface area contributed by atoms with Gasteiger partial charge in [-0.3, -0.25) is 9.36 Å². The average Bonchev–Trinajstić information content (AvgIpc) is 3.12. The lowest BCUT2D eigenvalue weighted by Crippen LogP contribution is -2.52. The minimum absolute atomic E-state index is 0.0613. The van der Waals surface area contributed by atoms with Crippen LogP contribution in [0.3, 0.4) is 0 Å². The SMILES string of the molecule is CCc1ccc2c(c1)OC1(CCN(C(=O)C(F)(F)F)CC1)c1ccc(C#N)n1-2. The molecule has 28 heavy (non-hydrogen) atoms.